The molecule has 3 heterocycles. The van der Waals surface area contributed by atoms with E-state index in [2.05, 4.69) is 25.9 Å². The van der Waals surface area contributed by atoms with E-state index < -0.39 is 0 Å². The van der Waals surface area contributed by atoms with E-state index in [-0.39, 0.29) is 5.91 Å². The maximum atomic E-state index is 11.9. The molecule has 0 aliphatic carbocycles. The van der Waals surface area contributed by atoms with Crippen molar-refractivity contribution in [2.45, 2.75) is 13.0 Å². The fraction of sp³-hybridized carbons (Fsp3) is 0.300. The van der Waals surface area contributed by atoms with Crippen LogP contribution in [-0.4, -0.2) is 32.4 Å². The van der Waals surface area contributed by atoms with Crippen LogP contribution in [0.25, 0.3) is 0 Å². The number of hydrogen-bond acceptors (Lipinski definition) is 4. The first-order valence-corrected chi connectivity index (χ1v) is 5.45. The zero-order valence-electron chi connectivity index (χ0n) is 9.10. The number of aromatic nitrogens is 4. The SMILES string of the molecule is O=C(Nc1cn[nH]c1)c1cc2n(n1)CCCN2. The van der Waals surface area contributed by atoms with Crippen molar-refractivity contribution in [2.24, 2.45) is 0 Å². The Morgan fingerprint density at radius 1 is 1.53 bits per heavy atom. The van der Waals surface area contributed by atoms with Crippen LogP contribution in [0.2, 0.25) is 0 Å². The molecular weight excluding hydrogens is 220 g/mol. The second kappa shape index (κ2) is 3.93. The summed E-state index contributed by atoms with van der Waals surface area (Å²) in [6.45, 7) is 1.77. The van der Waals surface area contributed by atoms with Gasteiger partial charge in [0.15, 0.2) is 5.69 Å². The predicted molar refractivity (Wildman–Crippen MR) is 61.9 cm³/mol. The Morgan fingerprint density at radius 2 is 2.47 bits per heavy atom. The van der Waals surface area contributed by atoms with Gasteiger partial charge in [0, 0.05) is 25.4 Å². The normalized spacial score (nSPS) is 13.9. The van der Waals surface area contributed by atoms with Crippen LogP contribution in [0.15, 0.2) is 18.5 Å². The summed E-state index contributed by atoms with van der Waals surface area (Å²) < 4.78 is 1.81. The summed E-state index contributed by atoms with van der Waals surface area (Å²) >= 11 is 0. The van der Waals surface area contributed by atoms with Gasteiger partial charge < -0.3 is 10.6 Å². The lowest BCUT2D eigenvalue weighted by molar-refractivity contribution is 0.102. The van der Waals surface area contributed by atoms with Crippen LogP contribution in [-0.2, 0) is 6.54 Å². The second-order valence-corrected chi connectivity index (χ2v) is 3.86. The standard InChI is InChI=1S/C10H12N6O/c17-10(14-7-5-12-13-6-7)8-4-9-11-2-1-3-16(9)15-8/h4-6,11H,1-3H2,(H,12,13)(H,14,17). The lowest BCUT2D eigenvalue weighted by atomic mass is 10.3. The quantitative estimate of drug-likeness (QED) is 0.710. The first kappa shape index (κ1) is 9.88. The van der Waals surface area contributed by atoms with Crippen LogP contribution in [0.4, 0.5) is 11.5 Å². The molecule has 0 radical (unpaired) electrons. The molecule has 88 valence electrons. The molecule has 3 N–H and O–H groups in total. The fourth-order valence-electron chi connectivity index (χ4n) is 1.80. The van der Waals surface area contributed by atoms with Crippen molar-refractivity contribution < 1.29 is 4.79 Å². The molecule has 17 heavy (non-hydrogen) atoms. The Kier molecular flexibility index (Phi) is 2.28. The third-order valence-corrected chi connectivity index (χ3v) is 2.62. The molecule has 0 fully saturated rings. The van der Waals surface area contributed by atoms with E-state index >= 15 is 0 Å². The number of nitrogens with one attached hydrogen (secondary N) is 3. The molecule has 0 saturated heterocycles. The molecule has 0 bridgehead atoms. The Morgan fingerprint density at radius 3 is 3.24 bits per heavy atom. The number of rotatable bonds is 2. The molecule has 1 aliphatic heterocycles. The highest BCUT2D eigenvalue weighted by atomic mass is 16.2. The molecule has 0 aromatic carbocycles. The third-order valence-electron chi connectivity index (χ3n) is 2.62. The van der Waals surface area contributed by atoms with Crippen molar-refractivity contribution in [1.82, 2.24) is 20.0 Å². The molecule has 7 nitrogen and oxygen atoms in total. The number of carbonyl (C=O) groups excluding carboxylic acids is 1. The number of H-pyrrole nitrogens is 1. The highest BCUT2D eigenvalue weighted by Gasteiger charge is 2.16. The minimum Gasteiger partial charge on any atom is -0.370 e. The van der Waals surface area contributed by atoms with Crippen LogP contribution >= 0.6 is 0 Å². The highest BCUT2D eigenvalue weighted by Crippen LogP contribution is 2.16. The molecule has 7 heteroatoms. The first-order chi connectivity index (χ1) is 8.33. The summed E-state index contributed by atoms with van der Waals surface area (Å²) in [5.74, 6) is 0.670. The van der Waals surface area contributed by atoms with Gasteiger partial charge in [0.2, 0.25) is 0 Å². The van der Waals surface area contributed by atoms with Crippen LogP contribution in [0.3, 0.4) is 0 Å². The van der Waals surface area contributed by atoms with Crippen molar-refractivity contribution in [3.8, 4) is 0 Å². The minimum absolute atomic E-state index is 0.227. The lowest BCUT2D eigenvalue weighted by Gasteiger charge is -2.14. The zero-order valence-corrected chi connectivity index (χ0v) is 9.10. The van der Waals surface area contributed by atoms with Gasteiger partial charge >= 0.3 is 0 Å². The molecule has 0 saturated carbocycles. The molecule has 1 amide bonds. The highest BCUT2D eigenvalue weighted by molar-refractivity contribution is 6.03. The second-order valence-electron chi connectivity index (χ2n) is 3.86. The molecule has 2 aromatic heterocycles. The van der Waals surface area contributed by atoms with Gasteiger partial charge in [-0.3, -0.25) is 9.89 Å². The van der Waals surface area contributed by atoms with E-state index in [0.29, 0.717) is 11.4 Å². The maximum Gasteiger partial charge on any atom is 0.276 e. The summed E-state index contributed by atoms with van der Waals surface area (Å²) in [5.41, 5.74) is 1.05. The van der Waals surface area contributed by atoms with Crippen LogP contribution in [0.5, 0.6) is 0 Å². The van der Waals surface area contributed by atoms with Crippen LogP contribution in [0, 0.1) is 0 Å². The average molecular weight is 232 g/mol. The predicted octanol–water partition coefficient (Wildman–Crippen LogP) is 0.674. The number of aromatic amines is 1. The molecule has 0 spiro atoms. The van der Waals surface area contributed by atoms with Crippen LogP contribution < -0.4 is 10.6 Å². The van der Waals surface area contributed by atoms with Crippen molar-refractivity contribution >= 4 is 17.4 Å². The fourth-order valence-corrected chi connectivity index (χ4v) is 1.80. The van der Waals surface area contributed by atoms with Gasteiger partial charge in [-0.25, -0.2) is 4.68 Å². The Bertz CT molecular complexity index is 505. The van der Waals surface area contributed by atoms with E-state index in [0.717, 1.165) is 25.3 Å². The number of aryl methyl sites for hydroxylation is 1. The van der Waals surface area contributed by atoms with Crippen LogP contribution in [0.1, 0.15) is 16.9 Å². The van der Waals surface area contributed by atoms with E-state index in [1.54, 1.807) is 18.5 Å². The third kappa shape index (κ3) is 1.86. The molecule has 1 aliphatic rings. The molecular formula is C10H12N6O. The van der Waals surface area contributed by atoms with Crippen molar-refractivity contribution in [1.29, 1.82) is 0 Å². The van der Waals surface area contributed by atoms with Crippen molar-refractivity contribution in [2.75, 3.05) is 17.2 Å². The number of hydrogen-bond donors (Lipinski definition) is 3. The number of amides is 1. The molecule has 0 atom stereocenters. The van der Waals surface area contributed by atoms with Gasteiger partial charge in [-0.15, -0.1) is 0 Å². The van der Waals surface area contributed by atoms with Gasteiger partial charge in [-0.2, -0.15) is 10.2 Å². The summed E-state index contributed by atoms with van der Waals surface area (Å²) in [4.78, 5) is 11.9. The monoisotopic (exact) mass is 232 g/mol. The van der Waals surface area contributed by atoms with E-state index in [4.69, 9.17) is 0 Å². The Balaban J connectivity index is 1.79. The van der Waals surface area contributed by atoms with Crippen molar-refractivity contribution in [3.05, 3.63) is 24.2 Å². The first-order valence-electron chi connectivity index (χ1n) is 5.45. The summed E-state index contributed by atoms with van der Waals surface area (Å²) in [6, 6.07) is 1.76. The maximum absolute atomic E-state index is 11.9. The van der Waals surface area contributed by atoms with Gasteiger partial charge in [0.1, 0.15) is 5.82 Å². The Hall–Kier alpha value is -2.31. The van der Waals surface area contributed by atoms with Gasteiger partial charge in [-0.1, -0.05) is 0 Å². The van der Waals surface area contributed by atoms with Crippen molar-refractivity contribution in [3.63, 3.8) is 0 Å². The number of carbonyl (C=O) groups is 1. The summed E-state index contributed by atoms with van der Waals surface area (Å²) in [7, 11) is 0. The smallest absolute Gasteiger partial charge is 0.276 e. The molecule has 2 aromatic rings. The van der Waals surface area contributed by atoms with E-state index in [1.165, 1.54) is 0 Å². The lowest BCUT2D eigenvalue weighted by Crippen LogP contribution is -2.17. The number of anilines is 2. The number of nitrogens with zero attached hydrogens (tertiary/aromatic N) is 3. The Labute approximate surface area is 97.2 Å². The largest absolute Gasteiger partial charge is 0.370 e. The van der Waals surface area contributed by atoms with E-state index in [1.807, 2.05) is 4.68 Å². The minimum atomic E-state index is -0.227. The summed E-state index contributed by atoms with van der Waals surface area (Å²) in [6.07, 6.45) is 4.19. The molecule has 3 rings (SSSR count). The molecule has 0 unspecified atom stereocenters. The average Bonchev–Trinajstić information content (AvgIpc) is 2.96. The van der Waals surface area contributed by atoms with Gasteiger partial charge in [0.25, 0.3) is 5.91 Å². The summed E-state index contributed by atoms with van der Waals surface area (Å²) in [5, 5.41) is 16.5. The zero-order chi connectivity index (χ0) is 11.7. The van der Waals surface area contributed by atoms with Gasteiger partial charge in [-0.05, 0) is 6.42 Å². The van der Waals surface area contributed by atoms with E-state index in [9.17, 15) is 4.79 Å². The number of fused-ring (bicyclic) bond motifs is 1. The van der Waals surface area contributed by atoms with Gasteiger partial charge in [0.05, 0.1) is 11.9 Å². The topological polar surface area (TPSA) is 87.6 Å².